The van der Waals surface area contributed by atoms with Gasteiger partial charge in [0.05, 0.1) is 16.5 Å². The van der Waals surface area contributed by atoms with E-state index >= 15 is 0 Å². The minimum absolute atomic E-state index is 0.0323. The number of carbonyl (C=O) groups excluding carboxylic acids is 2. The number of hydrogen-bond acceptors (Lipinski definition) is 4. The second kappa shape index (κ2) is 6.85. The number of nitrogens with one attached hydrogen (secondary N) is 1. The van der Waals surface area contributed by atoms with Crippen LogP contribution in [-0.2, 0) is 19.6 Å². The minimum atomic E-state index is -3.81. The monoisotopic (exact) mass is 377 g/mol. The Balaban J connectivity index is 1.70. The summed E-state index contributed by atoms with van der Waals surface area (Å²) in [7, 11) is -3.81. The number of nitrogens with zero attached hydrogens (tertiary/aromatic N) is 1. The summed E-state index contributed by atoms with van der Waals surface area (Å²) in [5.41, 5.74) is 0.518. The van der Waals surface area contributed by atoms with Crippen LogP contribution < -0.4 is 15.4 Å². The highest BCUT2D eigenvalue weighted by Crippen LogP contribution is 2.28. The topological polar surface area (TPSA) is 110 Å². The van der Waals surface area contributed by atoms with Crippen LogP contribution >= 0.6 is 0 Å². The number of para-hydroxylation sites is 1. The Hall–Kier alpha value is -2.78. The van der Waals surface area contributed by atoms with E-state index < -0.39 is 27.7 Å². The van der Waals surface area contributed by atoms with Crippen molar-refractivity contribution in [2.24, 2.45) is 11.1 Å². The summed E-state index contributed by atoms with van der Waals surface area (Å²) in [5.74, 6) is -1.90. The second-order valence-corrected chi connectivity index (χ2v) is 7.48. The summed E-state index contributed by atoms with van der Waals surface area (Å²) in [4.78, 5) is 25.7. The standard InChI is InChI=1S/C17H16FN3O4S/c18-14-3-1-2-4-15(14)21-10-11(9-16(21)22)17(23)20-12-5-7-13(8-6-12)26(19,24)25/h1-8,11H,9-10H2,(H,20,23)(H2,19,24,25). The number of hydrogen-bond donors (Lipinski definition) is 2. The van der Waals surface area contributed by atoms with Gasteiger partial charge in [-0.1, -0.05) is 12.1 Å². The van der Waals surface area contributed by atoms with E-state index in [2.05, 4.69) is 5.32 Å². The summed E-state index contributed by atoms with van der Waals surface area (Å²) in [6, 6.07) is 11.2. The van der Waals surface area contributed by atoms with Crippen molar-refractivity contribution >= 4 is 33.2 Å². The molecule has 0 spiro atoms. The fourth-order valence-electron chi connectivity index (χ4n) is 2.76. The Bertz CT molecular complexity index is 960. The SMILES string of the molecule is NS(=O)(=O)c1ccc(NC(=O)C2CC(=O)N(c3ccccc3F)C2)cc1. The van der Waals surface area contributed by atoms with Gasteiger partial charge in [-0.2, -0.15) is 0 Å². The highest BCUT2D eigenvalue weighted by atomic mass is 32.2. The Morgan fingerprint density at radius 1 is 1.15 bits per heavy atom. The molecule has 0 saturated carbocycles. The van der Waals surface area contributed by atoms with Crippen LogP contribution in [0.15, 0.2) is 53.4 Å². The van der Waals surface area contributed by atoms with Crippen molar-refractivity contribution in [3.05, 3.63) is 54.3 Å². The zero-order chi connectivity index (χ0) is 18.9. The van der Waals surface area contributed by atoms with Crippen LogP contribution in [0.1, 0.15) is 6.42 Å². The van der Waals surface area contributed by atoms with E-state index in [0.717, 1.165) is 0 Å². The van der Waals surface area contributed by atoms with Gasteiger partial charge in [-0.15, -0.1) is 0 Å². The Morgan fingerprint density at radius 3 is 2.42 bits per heavy atom. The van der Waals surface area contributed by atoms with Crippen LogP contribution in [0.4, 0.5) is 15.8 Å². The number of carbonyl (C=O) groups is 2. The summed E-state index contributed by atoms with van der Waals surface area (Å²) in [6.45, 7) is 0.0703. The maximum absolute atomic E-state index is 13.9. The average molecular weight is 377 g/mol. The lowest BCUT2D eigenvalue weighted by Crippen LogP contribution is -2.28. The summed E-state index contributed by atoms with van der Waals surface area (Å²) < 4.78 is 36.3. The summed E-state index contributed by atoms with van der Waals surface area (Å²) in [6.07, 6.45) is -0.0323. The van der Waals surface area contributed by atoms with Gasteiger partial charge in [-0.3, -0.25) is 9.59 Å². The molecule has 1 aliphatic heterocycles. The lowest BCUT2D eigenvalue weighted by molar-refractivity contribution is -0.122. The quantitative estimate of drug-likeness (QED) is 0.841. The van der Waals surface area contributed by atoms with E-state index in [0.29, 0.717) is 5.69 Å². The van der Waals surface area contributed by atoms with Crippen molar-refractivity contribution in [3.63, 3.8) is 0 Å². The van der Waals surface area contributed by atoms with E-state index in [1.165, 1.54) is 47.4 Å². The second-order valence-electron chi connectivity index (χ2n) is 5.92. The van der Waals surface area contributed by atoms with Crippen LogP contribution in [0.2, 0.25) is 0 Å². The van der Waals surface area contributed by atoms with Gasteiger partial charge in [0.2, 0.25) is 21.8 Å². The van der Waals surface area contributed by atoms with Crippen molar-refractivity contribution in [1.82, 2.24) is 0 Å². The molecule has 3 rings (SSSR count). The van der Waals surface area contributed by atoms with Crippen LogP contribution in [0, 0.1) is 11.7 Å². The minimum Gasteiger partial charge on any atom is -0.326 e. The Morgan fingerprint density at radius 2 is 1.81 bits per heavy atom. The number of benzene rings is 2. The number of halogens is 1. The fraction of sp³-hybridized carbons (Fsp3) is 0.176. The molecule has 0 bridgehead atoms. The maximum Gasteiger partial charge on any atom is 0.238 e. The molecule has 0 radical (unpaired) electrons. The first-order valence-corrected chi connectivity index (χ1v) is 9.29. The predicted molar refractivity (Wildman–Crippen MR) is 93.3 cm³/mol. The van der Waals surface area contributed by atoms with Gasteiger partial charge in [-0.05, 0) is 36.4 Å². The van der Waals surface area contributed by atoms with Gasteiger partial charge in [0.25, 0.3) is 0 Å². The Labute approximate surface area is 149 Å². The van der Waals surface area contributed by atoms with Crippen molar-refractivity contribution in [3.8, 4) is 0 Å². The number of nitrogens with two attached hydrogens (primary N) is 1. The van der Waals surface area contributed by atoms with Crippen molar-refractivity contribution < 1.29 is 22.4 Å². The molecule has 2 aromatic carbocycles. The summed E-state index contributed by atoms with van der Waals surface area (Å²) in [5, 5.41) is 7.64. The molecule has 2 amide bonds. The van der Waals surface area contributed by atoms with E-state index in [1.807, 2.05) is 0 Å². The number of rotatable bonds is 4. The van der Waals surface area contributed by atoms with Crippen molar-refractivity contribution in [2.45, 2.75) is 11.3 Å². The Kier molecular flexibility index (Phi) is 4.75. The lowest BCUT2D eigenvalue weighted by atomic mass is 10.1. The number of anilines is 2. The molecule has 2 aromatic rings. The van der Waals surface area contributed by atoms with Gasteiger partial charge in [-0.25, -0.2) is 17.9 Å². The van der Waals surface area contributed by atoms with Crippen molar-refractivity contribution in [1.29, 1.82) is 0 Å². The van der Waals surface area contributed by atoms with Crippen LogP contribution in [0.5, 0.6) is 0 Å². The highest BCUT2D eigenvalue weighted by molar-refractivity contribution is 7.89. The molecule has 1 aliphatic rings. The zero-order valence-electron chi connectivity index (χ0n) is 13.6. The van der Waals surface area contributed by atoms with Gasteiger partial charge in [0, 0.05) is 18.7 Å². The highest BCUT2D eigenvalue weighted by Gasteiger charge is 2.36. The molecule has 1 fully saturated rings. The summed E-state index contributed by atoms with van der Waals surface area (Å²) >= 11 is 0. The third-order valence-corrected chi connectivity index (χ3v) is 5.02. The van der Waals surface area contributed by atoms with Gasteiger partial charge in [0.1, 0.15) is 5.82 Å². The molecule has 3 N–H and O–H groups in total. The third-order valence-electron chi connectivity index (χ3n) is 4.09. The fourth-order valence-corrected chi connectivity index (χ4v) is 3.27. The van der Waals surface area contributed by atoms with Crippen LogP contribution in [-0.4, -0.2) is 26.8 Å². The molecule has 9 heteroatoms. The van der Waals surface area contributed by atoms with E-state index in [9.17, 15) is 22.4 Å². The maximum atomic E-state index is 13.9. The smallest absolute Gasteiger partial charge is 0.238 e. The van der Waals surface area contributed by atoms with Gasteiger partial charge < -0.3 is 10.2 Å². The van der Waals surface area contributed by atoms with Gasteiger partial charge >= 0.3 is 0 Å². The third kappa shape index (κ3) is 3.73. The molecule has 26 heavy (non-hydrogen) atoms. The van der Waals surface area contributed by atoms with E-state index in [4.69, 9.17) is 5.14 Å². The first kappa shape index (κ1) is 18.0. The molecular formula is C17H16FN3O4S. The molecule has 136 valence electrons. The van der Waals surface area contributed by atoms with Crippen LogP contribution in [0.3, 0.4) is 0 Å². The average Bonchev–Trinajstić information content (AvgIpc) is 2.97. The first-order chi connectivity index (χ1) is 12.3. The molecule has 1 atom stereocenters. The van der Waals surface area contributed by atoms with Crippen molar-refractivity contribution in [2.75, 3.05) is 16.8 Å². The normalized spacial score (nSPS) is 17.4. The molecule has 0 aliphatic carbocycles. The van der Waals surface area contributed by atoms with Gasteiger partial charge in [0.15, 0.2) is 0 Å². The van der Waals surface area contributed by atoms with Crippen LogP contribution in [0.25, 0.3) is 0 Å². The van der Waals surface area contributed by atoms with E-state index in [1.54, 1.807) is 6.07 Å². The van der Waals surface area contributed by atoms with E-state index in [-0.39, 0.29) is 29.5 Å². The zero-order valence-corrected chi connectivity index (χ0v) is 14.4. The molecule has 1 unspecified atom stereocenters. The molecule has 7 nitrogen and oxygen atoms in total. The number of primary sulfonamides is 1. The predicted octanol–water partition coefficient (Wildman–Crippen LogP) is 1.46. The first-order valence-electron chi connectivity index (χ1n) is 7.74. The molecule has 1 saturated heterocycles. The molecule has 0 aromatic heterocycles. The lowest BCUT2D eigenvalue weighted by Gasteiger charge is -2.17. The largest absolute Gasteiger partial charge is 0.326 e. The number of amides is 2. The molecular weight excluding hydrogens is 361 g/mol. The molecule has 1 heterocycles. The number of sulfonamides is 1.